The van der Waals surface area contributed by atoms with Crippen molar-refractivity contribution >= 4 is 17.3 Å². The minimum absolute atomic E-state index is 0. The van der Waals surface area contributed by atoms with Crippen LogP contribution in [-0.4, -0.2) is 21.7 Å². The number of hydrogen-bond acceptors (Lipinski definition) is 4. The van der Waals surface area contributed by atoms with E-state index in [-0.39, 0.29) is 43.0 Å². The molecule has 0 saturated heterocycles. The van der Waals surface area contributed by atoms with Gasteiger partial charge in [-0.1, -0.05) is 57.5 Å². The van der Waals surface area contributed by atoms with E-state index in [1.54, 1.807) is 13.1 Å². The Morgan fingerprint density at radius 3 is 2.31 bits per heavy atom. The molecule has 1 amide bonds. The molecule has 4 rings (SSSR count). The third-order valence-electron chi connectivity index (χ3n) is 5.31. The molecule has 1 aromatic heterocycles. The summed E-state index contributed by atoms with van der Waals surface area (Å²) in [6.07, 6.45) is 2.16. The van der Waals surface area contributed by atoms with Crippen LogP contribution < -0.4 is 5.01 Å². The molecule has 3 aromatic rings. The molecule has 1 aliphatic heterocycles. The molecular weight excluding hydrogens is 634 g/mol. The predicted octanol–water partition coefficient (Wildman–Crippen LogP) is 6.96. The molecule has 36 heavy (non-hydrogen) atoms. The first-order valence-corrected chi connectivity index (χ1v) is 11.4. The van der Waals surface area contributed by atoms with Gasteiger partial charge in [0.2, 0.25) is 0 Å². The van der Waals surface area contributed by atoms with Crippen molar-refractivity contribution in [2.24, 2.45) is 10.5 Å². The van der Waals surface area contributed by atoms with Gasteiger partial charge >= 0.3 is 0 Å². The fourth-order valence-electron chi connectivity index (χ4n) is 3.65. The van der Waals surface area contributed by atoms with Crippen LogP contribution in [0.4, 0.5) is 10.1 Å². The Bertz CT molecular complexity index is 1260. The van der Waals surface area contributed by atoms with Crippen molar-refractivity contribution in [1.29, 1.82) is 0 Å². The van der Waals surface area contributed by atoms with Crippen LogP contribution in [0.1, 0.15) is 45.2 Å². The van der Waals surface area contributed by atoms with Gasteiger partial charge < -0.3 is 10.1 Å². The zero-order valence-corrected chi connectivity index (χ0v) is 23.8. The number of aliphatic hydroxyl groups is 1. The van der Waals surface area contributed by atoms with Crippen LogP contribution >= 0.6 is 0 Å². The van der Waals surface area contributed by atoms with E-state index in [1.807, 2.05) is 77.1 Å². The van der Waals surface area contributed by atoms with Crippen molar-refractivity contribution < 1.29 is 34.4 Å². The van der Waals surface area contributed by atoms with Gasteiger partial charge in [-0.15, -0.1) is 29.3 Å². The Morgan fingerprint density at radius 2 is 1.75 bits per heavy atom. The Morgan fingerprint density at radius 1 is 1.08 bits per heavy atom. The second kappa shape index (κ2) is 12.2. The van der Waals surface area contributed by atoms with E-state index in [0.29, 0.717) is 23.4 Å². The number of carbonyl (C=O) groups is 1. The van der Waals surface area contributed by atoms with E-state index >= 15 is 0 Å². The largest absolute Gasteiger partial charge is 0.511 e. The van der Waals surface area contributed by atoms with Crippen molar-refractivity contribution in [2.45, 2.75) is 48.0 Å². The molecule has 0 saturated carbocycles. The zero-order chi connectivity index (χ0) is 25.8. The molecule has 0 bridgehead atoms. The number of pyridine rings is 1. The molecule has 0 spiro atoms. The number of benzene rings is 2. The molecule has 1 radical (unpaired) electrons. The number of aliphatic hydroxyl groups excluding tert-OH is 1. The molecule has 7 heteroatoms. The van der Waals surface area contributed by atoms with Crippen LogP contribution in [0, 0.1) is 31.1 Å². The van der Waals surface area contributed by atoms with Crippen LogP contribution in [0.15, 0.2) is 77.2 Å². The number of allylic oxidation sites excluding steroid dienone is 1. The van der Waals surface area contributed by atoms with E-state index in [4.69, 9.17) is 0 Å². The number of carbonyl (C=O) groups excluding carboxylic acids is 1. The average Bonchev–Trinajstić information content (AvgIpc) is 3.08. The second-order valence-corrected chi connectivity index (χ2v) is 9.79. The maximum atomic E-state index is 12.8. The maximum Gasteiger partial charge on any atom is 0.284 e. The smallest absolute Gasteiger partial charge is 0.284 e. The third-order valence-corrected chi connectivity index (χ3v) is 5.31. The Balaban J connectivity index is 0.000000265. The van der Waals surface area contributed by atoms with Crippen molar-refractivity contribution in [3.8, 4) is 11.3 Å². The van der Waals surface area contributed by atoms with Gasteiger partial charge in [-0.05, 0) is 43.2 Å². The van der Waals surface area contributed by atoms with Gasteiger partial charge in [-0.3, -0.25) is 9.18 Å². The van der Waals surface area contributed by atoms with E-state index in [9.17, 15) is 14.3 Å². The van der Waals surface area contributed by atoms with Crippen molar-refractivity contribution in [3.63, 3.8) is 0 Å². The van der Waals surface area contributed by atoms with Gasteiger partial charge in [0.25, 0.3) is 5.91 Å². The molecular formula is C29H31FIrN3O2-. The fourth-order valence-corrected chi connectivity index (χ4v) is 3.65. The summed E-state index contributed by atoms with van der Waals surface area (Å²) in [5.41, 5.74) is 5.16. The molecule has 0 atom stereocenters. The van der Waals surface area contributed by atoms with E-state index in [2.05, 4.69) is 16.2 Å². The SMILES string of the molecule is CC1=NN(c2ccc(C)cc2)C(=O)/C1=C(\O)CC(C)(C)C.Cc1cc(F)c[c-]c1-c1ccccn1.[Ir]. The zero-order valence-electron chi connectivity index (χ0n) is 21.4. The Labute approximate surface area is 226 Å². The second-order valence-electron chi connectivity index (χ2n) is 9.79. The standard InChI is InChI=1S/C17H22N2O2.C12H9FN.Ir/c1-11-6-8-13(9-7-11)19-16(21)15(12(2)18-19)14(20)10-17(3,4)5;1-9-8-10(13)5-6-11(9)12-4-2-3-7-14-12;/h6-9,20H,10H2,1-5H3;2-5,7-8H,1H3;/q;-1;/b15-14-;;. The topological polar surface area (TPSA) is 65.8 Å². The van der Waals surface area contributed by atoms with Crippen molar-refractivity contribution in [1.82, 2.24) is 4.98 Å². The quantitative estimate of drug-likeness (QED) is 0.187. The number of amides is 1. The predicted molar refractivity (Wildman–Crippen MR) is 139 cm³/mol. The third kappa shape index (κ3) is 7.42. The number of rotatable bonds is 3. The molecule has 1 N–H and O–H groups in total. The normalized spacial score (nSPS) is 14.5. The number of nitrogens with zero attached hydrogens (tertiary/aromatic N) is 3. The molecule has 191 valence electrons. The monoisotopic (exact) mass is 665 g/mol. The van der Waals surface area contributed by atoms with Gasteiger partial charge in [0.15, 0.2) is 0 Å². The van der Waals surface area contributed by atoms with E-state index < -0.39 is 0 Å². The molecule has 1 aliphatic rings. The number of anilines is 1. The summed E-state index contributed by atoms with van der Waals surface area (Å²) in [6.45, 7) is 11.7. The summed E-state index contributed by atoms with van der Waals surface area (Å²) in [5.74, 6) is -0.413. The average molecular weight is 665 g/mol. The van der Waals surface area contributed by atoms with Crippen molar-refractivity contribution in [3.05, 3.63) is 95.1 Å². The summed E-state index contributed by atoms with van der Waals surface area (Å²) >= 11 is 0. The Hall–Kier alpha value is -3.15. The van der Waals surface area contributed by atoms with E-state index in [0.717, 1.165) is 22.4 Å². The van der Waals surface area contributed by atoms with Gasteiger partial charge in [-0.25, -0.2) is 0 Å². The van der Waals surface area contributed by atoms with Crippen LogP contribution in [0.5, 0.6) is 0 Å². The molecule has 5 nitrogen and oxygen atoms in total. The van der Waals surface area contributed by atoms with E-state index in [1.165, 1.54) is 17.1 Å². The van der Waals surface area contributed by atoms with Crippen LogP contribution in [0.25, 0.3) is 11.3 Å². The fraction of sp³-hybridized carbons (Fsp3) is 0.276. The van der Waals surface area contributed by atoms with Crippen LogP contribution in [0.2, 0.25) is 0 Å². The first-order valence-electron chi connectivity index (χ1n) is 11.4. The van der Waals surface area contributed by atoms with Gasteiger partial charge in [0.1, 0.15) is 11.3 Å². The summed E-state index contributed by atoms with van der Waals surface area (Å²) in [4.78, 5) is 16.7. The Kier molecular flexibility index (Phi) is 9.85. The summed E-state index contributed by atoms with van der Waals surface area (Å²) < 4.78 is 12.8. The molecule has 2 aromatic carbocycles. The first kappa shape index (κ1) is 29.1. The van der Waals surface area contributed by atoms with Gasteiger partial charge in [0.05, 0.1) is 11.4 Å². The minimum Gasteiger partial charge on any atom is -0.511 e. The van der Waals surface area contributed by atoms with Crippen molar-refractivity contribution in [2.75, 3.05) is 5.01 Å². The summed E-state index contributed by atoms with van der Waals surface area (Å²) in [5, 5.41) is 15.9. The molecule has 2 heterocycles. The summed E-state index contributed by atoms with van der Waals surface area (Å²) in [6, 6.07) is 18.9. The summed E-state index contributed by atoms with van der Waals surface area (Å²) in [7, 11) is 0. The minimum atomic E-state index is -0.266. The van der Waals surface area contributed by atoms with Gasteiger partial charge in [0, 0.05) is 38.5 Å². The number of aryl methyl sites for hydroxylation is 2. The van der Waals surface area contributed by atoms with Crippen LogP contribution in [-0.2, 0) is 24.9 Å². The number of aromatic nitrogens is 1. The number of halogens is 1. The molecule has 0 unspecified atom stereocenters. The molecule has 0 fully saturated rings. The number of hydrazone groups is 1. The van der Waals surface area contributed by atoms with Crippen LogP contribution in [0.3, 0.4) is 0 Å². The number of hydrogen-bond donors (Lipinski definition) is 1. The first-order chi connectivity index (χ1) is 16.5. The van der Waals surface area contributed by atoms with Gasteiger partial charge in [-0.2, -0.15) is 10.1 Å². The maximum absolute atomic E-state index is 12.8. The molecule has 0 aliphatic carbocycles.